The fourth-order valence-corrected chi connectivity index (χ4v) is 2.16. The van der Waals surface area contributed by atoms with Gasteiger partial charge in [0.15, 0.2) is 6.10 Å². The second kappa shape index (κ2) is 7.08. The van der Waals surface area contributed by atoms with Gasteiger partial charge in [-0.05, 0) is 18.1 Å². The zero-order valence-corrected chi connectivity index (χ0v) is 10.9. The molecule has 1 aromatic rings. The Hall–Kier alpha value is -1.63. The first-order valence-corrected chi connectivity index (χ1v) is 6.03. The molecule has 19 heavy (non-hydrogen) atoms. The van der Waals surface area contributed by atoms with Crippen LogP contribution in [0, 0.1) is 0 Å². The first kappa shape index (κ1) is 15.4. The summed E-state index contributed by atoms with van der Waals surface area (Å²) in [6.45, 7) is 1.40. The molecule has 1 atom stereocenters. The van der Waals surface area contributed by atoms with Crippen molar-refractivity contribution < 1.29 is 19.7 Å². The molecular weight excluding hydrogens is 248 g/mol. The summed E-state index contributed by atoms with van der Waals surface area (Å²) >= 11 is 0. The maximum absolute atomic E-state index is 12.0. The molecule has 1 aromatic carbocycles. The van der Waals surface area contributed by atoms with Crippen molar-refractivity contribution in [3.8, 4) is 5.75 Å². The maximum Gasteiger partial charge on any atom is 0.253 e. The number of amides is 1. The van der Waals surface area contributed by atoms with Gasteiger partial charge in [-0.15, -0.1) is 0 Å². The van der Waals surface area contributed by atoms with E-state index in [1.807, 2.05) is 18.2 Å². The van der Waals surface area contributed by atoms with E-state index in [0.717, 1.165) is 23.3 Å². The lowest BCUT2D eigenvalue weighted by Gasteiger charge is -2.26. The zero-order chi connectivity index (χ0) is 13.0. The second-order valence-corrected chi connectivity index (χ2v) is 4.11. The lowest BCUT2D eigenvalue weighted by Crippen LogP contribution is -2.36. The summed E-state index contributed by atoms with van der Waals surface area (Å²) in [5.41, 5.74) is 7.31. The lowest BCUT2D eigenvalue weighted by molar-refractivity contribution is -0.134. The van der Waals surface area contributed by atoms with Crippen LogP contribution in [0.1, 0.15) is 17.2 Å². The van der Waals surface area contributed by atoms with Gasteiger partial charge >= 0.3 is 0 Å². The van der Waals surface area contributed by atoms with E-state index in [1.54, 1.807) is 7.11 Å². The van der Waals surface area contributed by atoms with E-state index >= 15 is 0 Å². The molecular formula is C13H20N2O4. The van der Waals surface area contributed by atoms with Crippen molar-refractivity contribution in [1.82, 2.24) is 5.32 Å². The minimum atomic E-state index is -0.560. The Morgan fingerprint density at radius 1 is 1.58 bits per heavy atom. The number of fused-ring (bicyclic) bond motifs is 1. The van der Waals surface area contributed by atoms with E-state index in [2.05, 4.69) is 5.32 Å². The average Bonchev–Trinajstić information content (AvgIpc) is 2.43. The molecule has 0 bridgehead atoms. The molecule has 6 nitrogen and oxygen atoms in total. The normalized spacial score (nSPS) is 17.1. The van der Waals surface area contributed by atoms with Gasteiger partial charge in [-0.25, -0.2) is 0 Å². The van der Waals surface area contributed by atoms with Crippen molar-refractivity contribution in [1.29, 1.82) is 0 Å². The molecule has 0 radical (unpaired) electrons. The van der Waals surface area contributed by atoms with Gasteiger partial charge in [0, 0.05) is 18.7 Å². The molecule has 1 heterocycles. The third-order valence-electron chi connectivity index (χ3n) is 2.99. The molecule has 0 aliphatic carbocycles. The first-order valence-electron chi connectivity index (χ1n) is 6.03. The maximum atomic E-state index is 12.0. The molecule has 6 heteroatoms. The summed E-state index contributed by atoms with van der Waals surface area (Å²) in [5, 5.41) is 2.75. The highest BCUT2D eigenvalue weighted by Gasteiger charge is 2.28. The van der Waals surface area contributed by atoms with E-state index in [9.17, 15) is 4.79 Å². The molecule has 1 aliphatic heterocycles. The number of rotatable bonds is 4. The SMILES string of the molecule is COc1cccc2c1CCOC2C(=O)NCCN.O. The van der Waals surface area contributed by atoms with E-state index in [1.165, 1.54) is 0 Å². The van der Waals surface area contributed by atoms with E-state index in [0.29, 0.717) is 19.7 Å². The Balaban J connectivity index is 0.00000180. The number of carbonyl (C=O) groups excluding carboxylic acids is 1. The number of hydrogen-bond donors (Lipinski definition) is 2. The Labute approximate surface area is 112 Å². The van der Waals surface area contributed by atoms with E-state index in [4.69, 9.17) is 15.2 Å². The fourth-order valence-electron chi connectivity index (χ4n) is 2.16. The predicted molar refractivity (Wildman–Crippen MR) is 71.1 cm³/mol. The second-order valence-electron chi connectivity index (χ2n) is 4.11. The molecule has 5 N–H and O–H groups in total. The van der Waals surface area contributed by atoms with Gasteiger partial charge in [-0.2, -0.15) is 0 Å². The number of benzene rings is 1. The van der Waals surface area contributed by atoms with Gasteiger partial charge in [0.1, 0.15) is 5.75 Å². The van der Waals surface area contributed by atoms with Crippen LogP contribution < -0.4 is 15.8 Å². The average molecular weight is 268 g/mol. The van der Waals surface area contributed by atoms with Crippen molar-refractivity contribution >= 4 is 5.91 Å². The summed E-state index contributed by atoms with van der Waals surface area (Å²) in [4.78, 5) is 12.0. The number of carbonyl (C=O) groups is 1. The minimum Gasteiger partial charge on any atom is -0.496 e. The van der Waals surface area contributed by atoms with E-state index in [-0.39, 0.29) is 11.4 Å². The van der Waals surface area contributed by atoms with Crippen molar-refractivity contribution in [2.45, 2.75) is 12.5 Å². The van der Waals surface area contributed by atoms with Crippen LogP contribution in [0.25, 0.3) is 0 Å². The smallest absolute Gasteiger partial charge is 0.253 e. The van der Waals surface area contributed by atoms with Crippen molar-refractivity contribution in [2.75, 3.05) is 26.8 Å². The minimum absolute atomic E-state index is 0. The summed E-state index contributed by atoms with van der Waals surface area (Å²) in [6.07, 6.45) is 0.204. The highest BCUT2D eigenvalue weighted by atomic mass is 16.5. The molecule has 1 amide bonds. The van der Waals surface area contributed by atoms with Crippen LogP contribution in [-0.4, -0.2) is 38.2 Å². The summed E-state index contributed by atoms with van der Waals surface area (Å²) in [5.74, 6) is 0.669. The molecule has 2 rings (SSSR count). The topological polar surface area (TPSA) is 105 Å². The lowest BCUT2D eigenvalue weighted by atomic mass is 9.96. The zero-order valence-electron chi connectivity index (χ0n) is 10.9. The molecule has 1 aliphatic rings. The molecule has 0 aromatic heterocycles. The first-order chi connectivity index (χ1) is 8.77. The molecule has 0 spiro atoms. The summed E-state index contributed by atoms with van der Waals surface area (Å²) in [7, 11) is 1.63. The van der Waals surface area contributed by atoms with Crippen LogP contribution >= 0.6 is 0 Å². The highest BCUT2D eigenvalue weighted by molar-refractivity contribution is 5.83. The van der Waals surface area contributed by atoms with Gasteiger partial charge in [0.2, 0.25) is 0 Å². The van der Waals surface area contributed by atoms with Crippen molar-refractivity contribution in [2.24, 2.45) is 5.73 Å². The predicted octanol–water partition coefficient (Wildman–Crippen LogP) is -0.441. The van der Waals surface area contributed by atoms with Gasteiger partial charge in [0.05, 0.1) is 13.7 Å². The van der Waals surface area contributed by atoms with Crippen LogP contribution in [0.15, 0.2) is 18.2 Å². The highest BCUT2D eigenvalue weighted by Crippen LogP contribution is 2.33. The molecule has 106 valence electrons. The number of methoxy groups -OCH3 is 1. The Morgan fingerprint density at radius 3 is 3.05 bits per heavy atom. The molecule has 0 fully saturated rings. The van der Waals surface area contributed by atoms with Crippen molar-refractivity contribution in [3.63, 3.8) is 0 Å². The number of ether oxygens (including phenoxy) is 2. The molecule has 1 unspecified atom stereocenters. The number of hydrogen-bond acceptors (Lipinski definition) is 4. The summed E-state index contributed by atoms with van der Waals surface area (Å²) < 4.78 is 10.9. The fraction of sp³-hybridized carbons (Fsp3) is 0.462. The van der Waals surface area contributed by atoms with Gasteiger partial charge < -0.3 is 26.0 Å². The van der Waals surface area contributed by atoms with Crippen LogP contribution in [0.2, 0.25) is 0 Å². The van der Waals surface area contributed by atoms with Gasteiger partial charge in [-0.3, -0.25) is 4.79 Å². The van der Waals surface area contributed by atoms with Gasteiger partial charge in [0.25, 0.3) is 5.91 Å². The van der Waals surface area contributed by atoms with Crippen LogP contribution in [0.5, 0.6) is 5.75 Å². The van der Waals surface area contributed by atoms with Crippen LogP contribution in [-0.2, 0) is 16.0 Å². The Morgan fingerprint density at radius 2 is 2.37 bits per heavy atom. The Kier molecular flexibility index (Phi) is 5.75. The van der Waals surface area contributed by atoms with Gasteiger partial charge in [-0.1, -0.05) is 12.1 Å². The quantitative estimate of drug-likeness (QED) is 0.772. The monoisotopic (exact) mass is 268 g/mol. The van der Waals surface area contributed by atoms with Crippen molar-refractivity contribution in [3.05, 3.63) is 29.3 Å². The molecule has 0 saturated carbocycles. The van der Waals surface area contributed by atoms with E-state index < -0.39 is 6.10 Å². The number of nitrogens with two attached hydrogens (primary N) is 1. The third-order valence-corrected chi connectivity index (χ3v) is 2.99. The standard InChI is InChI=1S/C13H18N2O3.H2O/c1-17-11-4-2-3-10-9(11)5-8-18-12(10)13(16)15-7-6-14;/h2-4,12H,5-8,14H2,1H3,(H,15,16);1H2. The third kappa shape index (κ3) is 3.23. The van der Waals surface area contributed by atoms with Crippen LogP contribution in [0.4, 0.5) is 0 Å². The summed E-state index contributed by atoms with van der Waals surface area (Å²) in [6, 6.07) is 5.68. The molecule has 0 saturated heterocycles. The largest absolute Gasteiger partial charge is 0.496 e. The Bertz CT molecular complexity index is 437. The van der Waals surface area contributed by atoms with Crippen LogP contribution in [0.3, 0.4) is 0 Å². The number of nitrogens with one attached hydrogen (secondary N) is 1.